The SMILES string of the molecule is Cc1cc(/N=N/c2cc(S(=O)(=O)O)c3cc(S(=O)(=O)O)c(/N=N/c4ccc(NC(=O)CCOC=O)cc4[N+](=O)[O-])c(O)c3c2N)ccc1/N=N/c1cccc(OC=O)c1. The Kier molecular flexibility index (Phi) is 12.7. The molecule has 0 heterocycles. The van der Waals surface area contributed by atoms with Crippen LogP contribution in [0.15, 0.2) is 113 Å². The average molecular weight is 850 g/mol. The molecule has 5 aromatic rings. The second kappa shape index (κ2) is 17.7. The quantitative estimate of drug-likeness (QED) is 0.0125. The number of aryl methyl sites for hydroxylation is 1. The molecule has 25 heteroatoms. The van der Waals surface area contributed by atoms with E-state index in [0.717, 1.165) is 24.3 Å². The summed E-state index contributed by atoms with van der Waals surface area (Å²) in [6.07, 6.45) is -0.279. The molecule has 0 aliphatic carbocycles. The van der Waals surface area contributed by atoms with Gasteiger partial charge in [-0.1, -0.05) is 6.07 Å². The van der Waals surface area contributed by atoms with E-state index in [1.807, 2.05) is 0 Å². The number of azo groups is 3. The Morgan fingerprint density at radius 1 is 0.831 bits per heavy atom. The summed E-state index contributed by atoms with van der Waals surface area (Å²) in [5.74, 6) is -1.63. The smallest absolute Gasteiger partial charge is 0.298 e. The number of phenolic OH excluding ortho intramolecular Hbond substituents is 1. The fourth-order valence-corrected chi connectivity index (χ4v) is 6.52. The number of carbonyl (C=O) groups excluding carboxylic acids is 3. The fraction of sp³-hybridized carbons (Fsp3) is 0.0882. The fourth-order valence-electron chi connectivity index (χ4n) is 5.17. The van der Waals surface area contributed by atoms with Crippen LogP contribution in [-0.4, -0.2) is 61.4 Å². The van der Waals surface area contributed by atoms with Crippen LogP contribution in [0.5, 0.6) is 11.5 Å². The van der Waals surface area contributed by atoms with E-state index in [4.69, 9.17) is 10.5 Å². The number of nitrogens with one attached hydrogen (secondary N) is 1. The van der Waals surface area contributed by atoms with Gasteiger partial charge in [0.1, 0.15) is 26.9 Å². The lowest BCUT2D eigenvalue weighted by Crippen LogP contribution is -2.14. The van der Waals surface area contributed by atoms with Gasteiger partial charge in [0.05, 0.1) is 46.1 Å². The Morgan fingerprint density at radius 2 is 1.49 bits per heavy atom. The molecule has 5 rings (SSSR count). The minimum absolute atomic E-state index is 0.0898. The monoisotopic (exact) mass is 849 g/mol. The normalized spacial score (nSPS) is 12.0. The molecule has 0 saturated carbocycles. The van der Waals surface area contributed by atoms with Crippen molar-refractivity contribution in [3.8, 4) is 11.5 Å². The van der Waals surface area contributed by atoms with Crippen molar-refractivity contribution in [2.75, 3.05) is 17.7 Å². The van der Waals surface area contributed by atoms with Crippen LogP contribution < -0.4 is 15.8 Å². The maximum Gasteiger partial charge on any atom is 0.298 e. The van der Waals surface area contributed by atoms with Crippen molar-refractivity contribution < 1.29 is 59.8 Å². The summed E-state index contributed by atoms with van der Waals surface area (Å²) in [6, 6.07) is 15.0. The van der Waals surface area contributed by atoms with Crippen LogP contribution in [0.2, 0.25) is 0 Å². The number of amides is 1. The molecule has 0 bridgehead atoms. The first-order valence-electron chi connectivity index (χ1n) is 16.2. The molecule has 0 aliphatic heterocycles. The second-order valence-electron chi connectivity index (χ2n) is 11.8. The molecule has 23 nitrogen and oxygen atoms in total. The number of carbonyl (C=O) groups is 3. The van der Waals surface area contributed by atoms with Crippen LogP contribution in [0, 0.1) is 17.0 Å². The van der Waals surface area contributed by atoms with Gasteiger partial charge in [0, 0.05) is 23.2 Å². The zero-order valence-corrected chi connectivity index (χ0v) is 31.5. The molecule has 59 heavy (non-hydrogen) atoms. The zero-order chi connectivity index (χ0) is 43.1. The van der Waals surface area contributed by atoms with E-state index >= 15 is 0 Å². The number of nitrogens with zero attached hydrogens (tertiary/aromatic N) is 7. The van der Waals surface area contributed by atoms with Crippen molar-refractivity contribution in [2.24, 2.45) is 30.7 Å². The number of nitrogen functional groups attached to an aromatic ring is 1. The first-order valence-corrected chi connectivity index (χ1v) is 19.1. The van der Waals surface area contributed by atoms with Crippen LogP contribution in [0.1, 0.15) is 12.0 Å². The maximum atomic E-state index is 12.6. The van der Waals surface area contributed by atoms with Crippen molar-refractivity contribution in [3.63, 3.8) is 0 Å². The summed E-state index contributed by atoms with van der Waals surface area (Å²) >= 11 is 0. The minimum atomic E-state index is -5.39. The van der Waals surface area contributed by atoms with Gasteiger partial charge in [-0.15, -0.1) is 15.3 Å². The highest BCUT2D eigenvalue weighted by atomic mass is 32.2. The molecule has 0 atom stereocenters. The Hall–Kier alpha value is -7.61. The van der Waals surface area contributed by atoms with E-state index in [9.17, 15) is 55.5 Å². The third kappa shape index (κ3) is 10.2. The van der Waals surface area contributed by atoms with E-state index < -0.39 is 85.8 Å². The van der Waals surface area contributed by atoms with E-state index in [1.165, 1.54) is 24.3 Å². The van der Waals surface area contributed by atoms with Gasteiger partial charge in [0.25, 0.3) is 38.9 Å². The van der Waals surface area contributed by atoms with Gasteiger partial charge in [0.15, 0.2) is 11.4 Å². The number of aromatic hydroxyl groups is 1. The Morgan fingerprint density at radius 3 is 2.14 bits per heavy atom. The van der Waals surface area contributed by atoms with E-state index in [2.05, 4.69) is 40.7 Å². The molecular weight excluding hydrogens is 823 g/mol. The van der Waals surface area contributed by atoms with Gasteiger partial charge in [-0.25, -0.2) is 0 Å². The van der Waals surface area contributed by atoms with Crippen molar-refractivity contribution in [3.05, 3.63) is 88.5 Å². The molecule has 0 saturated heterocycles. The predicted octanol–water partition coefficient (Wildman–Crippen LogP) is 7.12. The minimum Gasteiger partial charge on any atom is -0.505 e. The first-order chi connectivity index (χ1) is 27.9. The van der Waals surface area contributed by atoms with Crippen molar-refractivity contribution >= 4 is 101 Å². The number of nitrogens with two attached hydrogens (primary N) is 1. The Labute approximate surface area is 331 Å². The van der Waals surface area contributed by atoms with Gasteiger partial charge < -0.3 is 25.6 Å². The Bertz CT molecular complexity index is 2850. The van der Waals surface area contributed by atoms with E-state index in [0.29, 0.717) is 23.0 Å². The van der Waals surface area contributed by atoms with Crippen LogP contribution in [-0.2, 0) is 39.4 Å². The molecule has 5 aromatic carbocycles. The lowest BCUT2D eigenvalue weighted by molar-refractivity contribution is -0.384. The molecule has 304 valence electrons. The zero-order valence-electron chi connectivity index (χ0n) is 29.9. The molecule has 0 radical (unpaired) electrons. The first kappa shape index (κ1) is 42.5. The van der Waals surface area contributed by atoms with Crippen LogP contribution >= 0.6 is 0 Å². The molecule has 0 aromatic heterocycles. The molecule has 0 spiro atoms. The molecular formula is C34H27N9O14S2. The van der Waals surface area contributed by atoms with Crippen molar-refractivity contribution in [1.82, 2.24) is 0 Å². The predicted molar refractivity (Wildman–Crippen MR) is 205 cm³/mol. The highest BCUT2D eigenvalue weighted by Gasteiger charge is 2.29. The number of rotatable bonds is 16. The number of hydrogen-bond acceptors (Lipinski definition) is 19. The van der Waals surface area contributed by atoms with Gasteiger partial charge in [-0.05, 0) is 67.1 Å². The maximum absolute atomic E-state index is 12.6. The lowest BCUT2D eigenvalue weighted by atomic mass is 10.0. The number of phenols is 1. The third-order valence-corrected chi connectivity index (χ3v) is 9.59. The number of ether oxygens (including phenoxy) is 2. The number of hydrogen-bond donors (Lipinski definition) is 5. The number of nitro groups is 1. The summed E-state index contributed by atoms with van der Waals surface area (Å²) in [6.45, 7) is 1.79. The summed E-state index contributed by atoms with van der Waals surface area (Å²) in [5, 5.41) is 47.9. The van der Waals surface area contributed by atoms with Crippen LogP contribution in [0.25, 0.3) is 10.8 Å². The summed E-state index contributed by atoms with van der Waals surface area (Å²) in [5.41, 5.74) is 4.32. The van der Waals surface area contributed by atoms with Gasteiger partial charge in [0.2, 0.25) is 5.91 Å². The molecule has 0 unspecified atom stereocenters. The van der Waals surface area contributed by atoms with Crippen LogP contribution in [0.4, 0.5) is 51.2 Å². The largest absolute Gasteiger partial charge is 0.505 e. The number of benzene rings is 5. The summed E-state index contributed by atoms with van der Waals surface area (Å²) < 4.78 is 79.6. The van der Waals surface area contributed by atoms with E-state index in [1.54, 1.807) is 25.1 Å². The second-order valence-corrected chi connectivity index (χ2v) is 14.5. The number of nitro benzene ring substituents is 1. The lowest BCUT2D eigenvalue weighted by Gasteiger charge is -2.14. The highest BCUT2D eigenvalue weighted by molar-refractivity contribution is 7.86. The molecule has 6 N–H and O–H groups in total. The van der Waals surface area contributed by atoms with E-state index in [-0.39, 0.29) is 43.1 Å². The molecule has 1 amide bonds. The highest BCUT2D eigenvalue weighted by Crippen LogP contribution is 2.48. The molecule has 0 aliphatic rings. The average Bonchev–Trinajstić information content (AvgIpc) is 3.16. The topological polar surface area (TPSA) is 354 Å². The van der Waals surface area contributed by atoms with Gasteiger partial charge >= 0.3 is 0 Å². The van der Waals surface area contributed by atoms with Crippen molar-refractivity contribution in [1.29, 1.82) is 0 Å². The van der Waals surface area contributed by atoms with Crippen LogP contribution in [0.3, 0.4) is 0 Å². The number of anilines is 2. The summed E-state index contributed by atoms with van der Waals surface area (Å²) in [7, 11) is -10.6. The van der Waals surface area contributed by atoms with Gasteiger partial charge in [-0.3, -0.25) is 33.6 Å². The standard InChI is InChI=1S/C34H27N9O14S2/c1-18-11-21(6-7-24(18)39-37-20-3-2-4-22(12-20)57-17-45)38-41-26-15-28(58(50,51)52)23-14-29(59(53,54)55)33(34(47)31(23)32(26)35)42-40-25-8-5-19(13-27(25)43(48)49)36-30(46)9-10-56-16-44/h2-8,11-17,47H,9-10,35H2,1H3,(H,36,46)(H,50,51,52)(H,53,54,55)/b39-37+,41-38+,42-40+. The van der Waals surface area contributed by atoms with Gasteiger partial charge in [-0.2, -0.15) is 32.2 Å². The molecule has 0 fully saturated rings. The Balaban J connectivity index is 1.57. The van der Waals surface area contributed by atoms with Crippen molar-refractivity contribution in [2.45, 2.75) is 23.1 Å². The number of fused-ring (bicyclic) bond motifs is 1. The summed E-state index contributed by atoms with van der Waals surface area (Å²) in [4.78, 5) is 41.7. The third-order valence-electron chi connectivity index (χ3n) is 7.83.